The summed E-state index contributed by atoms with van der Waals surface area (Å²) in [5.41, 5.74) is 3.28. The van der Waals surface area contributed by atoms with Crippen LogP contribution in [0.3, 0.4) is 0 Å². The fourth-order valence-electron chi connectivity index (χ4n) is 2.93. The third-order valence-electron chi connectivity index (χ3n) is 4.25. The van der Waals surface area contributed by atoms with E-state index in [0.717, 1.165) is 42.4 Å². The normalized spacial score (nSPS) is 11.3. The Balaban J connectivity index is 2.58. The highest BCUT2D eigenvalue weighted by atomic mass is 32.2. The van der Waals surface area contributed by atoms with Crippen LogP contribution in [0.4, 0.5) is 0 Å². The van der Waals surface area contributed by atoms with E-state index < -0.39 is 10.1 Å². The van der Waals surface area contributed by atoms with Gasteiger partial charge in [0.15, 0.2) is 0 Å². The molecular formula is C20H24O4S. The molecule has 0 aromatic heterocycles. The van der Waals surface area contributed by atoms with Crippen LogP contribution < -0.4 is 4.74 Å². The van der Waals surface area contributed by atoms with E-state index in [-0.39, 0.29) is 4.90 Å². The Morgan fingerprint density at radius 3 is 2.36 bits per heavy atom. The van der Waals surface area contributed by atoms with Gasteiger partial charge in [0.2, 0.25) is 0 Å². The zero-order valence-corrected chi connectivity index (χ0v) is 15.5. The minimum Gasteiger partial charge on any atom is -0.497 e. The SMILES string of the molecule is C=CCCCCc1c(C)ccc(S(=O)(=O)O)c1-c1ccc(OC)cc1. The minimum atomic E-state index is -4.32. The predicted octanol–water partition coefficient (Wildman–Crippen LogP) is 4.82. The van der Waals surface area contributed by atoms with Crippen molar-refractivity contribution in [3.63, 3.8) is 0 Å². The summed E-state index contributed by atoms with van der Waals surface area (Å²) in [6, 6.07) is 10.4. The maximum atomic E-state index is 11.9. The largest absolute Gasteiger partial charge is 0.497 e. The molecule has 1 N–H and O–H groups in total. The molecule has 0 saturated carbocycles. The van der Waals surface area contributed by atoms with Crippen molar-refractivity contribution < 1.29 is 17.7 Å². The average molecular weight is 360 g/mol. The van der Waals surface area contributed by atoms with Gasteiger partial charge in [0.05, 0.1) is 7.11 Å². The number of benzene rings is 2. The number of ether oxygens (including phenoxy) is 1. The van der Waals surface area contributed by atoms with Gasteiger partial charge in [-0.2, -0.15) is 8.42 Å². The molecule has 0 aliphatic rings. The number of methoxy groups -OCH3 is 1. The molecule has 134 valence electrons. The van der Waals surface area contributed by atoms with E-state index in [4.69, 9.17) is 4.74 Å². The third-order valence-corrected chi connectivity index (χ3v) is 5.15. The molecular weight excluding hydrogens is 336 g/mol. The summed E-state index contributed by atoms with van der Waals surface area (Å²) < 4.78 is 38.7. The number of hydrogen-bond acceptors (Lipinski definition) is 3. The molecule has 0 atom stereocenters. The van der Waals surface area contributed by atoms with E-state index >= 15 is 0 Å². The fourth-order valence-corrected chi connectivity index (χ4v) is 3.67. The second-order valence-electron chi connectivity index (χ2n) is 5.97. The van der Waals surface area contributed by atoms with Gasteiger partial charge in [-0.05, 0) is 67.5 Å². The van der Waals surface area contributed by atoms with Gasteiger partial charge in [0, 0.05) is 5.56 Å². The van der Waals surface area contributed by atoms with Crippen LogP contribution in [0.1, 0.15) is 30.4 Å². The highest BCUT2D eigenvalue weighted by Gasteiger charge is 2.21. The standard InChI is InChI=1S/C20H24O4S/c1-4-5-6-7-8-18-15(2)9-14-19(25(21,22)23)20(18)16-10-12-17(24-3)13-11-16/h4,9-14H,1,5-8H2,2-3H3,(H,21,22,23). The number of aryl methyl sites for hydroxylation is 1. The van der Waals surface area contributed by atoms with E-state index in [1.807, 2.05) is 25.1 Å². The molecule has 5 heteroatoms. The van der Waals surface area contributed by atoms with E-state index in [1.165, 1.54) is 6.07 Å². The zero-order chi connectivity index (χ0) is 18.4. The number of hydrogen-bond donors (Lipinski definition) is 1. The molecule has 0 spiro atoms. The van der Waals surface area contributed by atoms with Crippen LogP contribution in [-0.4, -0.2) is 20.1 Å². The van der Waals surface area contributed by atoms with Crippen molar-refractivity contribution >= 4 is 10.1 Å². The summed E-state index contributed by atoms with van der Waals surface area (Å²) in [7, 11) is -2.74. The molecule has 0 heterocycles. The topological polar surface area (TPSA) is 63.6 Å². The van der Waals surface area contributed by atoms with Crippen molar-refractivity contribution in [2.45, 2.75) is 37.5 Å². The smallest absolute Gasteiger partial charge is 0.295 e. The third kappa shape index (κ3) is 4.71. The molecule has 2 aromatic rings. The van der Waals surface area contributed by atoms with Crippen LogP contribution in [0.15, 0.2) is 53.9 Å². The first-order chi connectivity index (χ1) is 11.9. The van der Waals surface area contributed by atoms with Crippen LogP contribution in [0.5, 0.6) is 5.75 Å². The molecule has 0 bridgehead atoms. The second-order valence-corrected chi connectivity index (χ2v) is 7.36. The van der Waals surface area contributed by atoms with E-state index in [2.05, 4.69) is 6.58 Å². The molecule has 0 aliphatic heterocycles. The fraction of sp³-hybridized carbons (Fsp3) is 0.300. The van der Waals surface area contributed by atoms with Gasteiger partial charge in [-0.15, -0.1) is 6.58 Å². The minimum absolute atomic E-state index is 0.0537. The molecule has 0 radical (unpaired) electrons. The lowest BCUT2D eigenvalue weighted by molar-refractivity contribution is 0.415. The molecule has 2 rings (SSSR count). The van der Waals surface area contributed by atoms with Crippen LogP contribution in [0, 0.1) is 6.92 Å². The second kappa shape index (κ2) is 8.32. The van der Waals surface area contributed by atoms with Crippen LogP contribution in [-0.2, 0) is 16.5 Å². The monoisotopic (exact) mass is 360 g/mol. The van der Waals surface area contributed by atoms with Crippen LogP contribution in [0.25, 0.3) is 11.1 Å². The van der Waals surface area contributed by atoms with Gasteiger partial charge in [0.25, 0.3) is 10.1 Å². The van der Waals surface area contributed by atoms with Crippen molar-refractivity contribution in [2.75, 3.05) is 7.11 Å². The summed E-state index contributed by atoms with van der Waals surface area (Å²) in [5, 5.41) is 0. The highest BCUT2D eigenvalue weighted by Crippen LogP contribution is 2.35. The molecule has 0 amide bonds. The summed E-state index contributed by atoms with van der Waals surface area (Å²) in [5.74, 6) is 0.692. The first kappa shape index (κ1) is 19.2. The van der Waals surface area contributed by atoms with Crippen molar-refractivity contribution in [3.05, 3.63) is 60.2 Å². The van der Waals surface area contributed by atoms with E-state index in [1.54, 1.807) is 25.3 Å². The Kier molecular flexibility index (Phi) is 6.39. The summed E-state index contributed by atoms with van der Waals surface area (Å²) in [4.78, 5) is -0.0537. The molecule has 0 aliphatic carbocycles. The van der Waals surface area contributed by atoms with Gasteiger partial charge < -0.3 is 4.74 Å². The van der Waals surface area contributed by atoms with Crippen molar-refractivity contribution in [3.8, 4) is 16.9 Å². The summed E-state index contributed by atoms with van der Waals surface area (Å²) in [6.07, 6.45) is 5.46. The van der Waals surface area contributed by atoms with Crippen LogP contribution in [0.2, 0.25) is 0 Å². The van der Waals surface area contributed by atoms with Gasteiger partial charge in [-0.3, -0.25) is 4.55 Å². The van der Waals surface area contributed by atoms with Crippen LogP contribution >= 0.6 is 0 Å². The Bertz CT molecular complexity index is 837. The Labute approximate surface area is 149 Å². The summed E-state index contributed by atoms with van der Waals surface area (Å²) in [6.45, 7) is 5.69. The zero-order valence-electron chi connectivity index (χ0n) is 14.7. The van der Waals surface area contributed by atoms with Crippen molar-refractivity contribution in [1.29, 1.82) is 0 Å². The Morgan fingerprint density at radius 2 is 1.80 bits per heavy atom. The van der Waals surface area contributed by atoms with E-state index in [9.17, 15) is 13.0 Å². The summed E-state index contributed by atoms with van der Waals surface area (Å²) >= 11 is 0. The van der Waals surface area contributed by atoms with Gasteiger partial charge in [0.1, 0.15) is 10.6 Å². The number of unbranched alkanes of at least 4 members (excludes halogenated alkanes) is 2. The molecule has 2 aromatic carbocycles. The van der Waals surface area contributed by atoms with Crippen molar-refractivity contribution in [2.24, 2.45) is 0 Å². The molecule has 4 nitrogen and oxygen atoms in total. The van der Waals surface area contributed by atoms with E-state index in [0.29, 0.717) is 11.3 Å². The average Bonchev–Trinajstić information content (AvgIpc) is 2.58. The highest BCUT2D eigenvalue weighted by molar-refractivity contribution is 7.86. The maximum absolute atomic E-state index is 11.9. The van der Waals surface area contributed by atoms with Gasteiger partial charge >= 0.3 is 0 Å². The molecule has 0 unspecified atom stereocenters. The molecule has 0 fully saturated rings. The van der Waals surface area contributed by atoms with Crippen molar-refractivity contribution in [1.82, 2.24) is 0 Å². The van der Waals surface area contributed by atoms with Gasteiger partial charge in [-0.1, -0.05) is 24.3 Å². The number of rotatable bonds is 8. The lowest BCUT2D eigenvalue weighted by atomic mass is 9.92. The Morgan fingerprint density at radius 1 is 1.12 bits per heavy atom. The lowest BCUT2D eigenvalue weighted by Crippen LogP contribution is -2.05. The first-order valence-electron chi connectivity index (χ1n) is 8.23. The Hall–Kier alpha value is -2.11. The first-order valence-corrected chi connectivity index (χ1v) is 9.67. The molecule has 25 heavy (non-hydrogen) atoms. The quantitative estimate of drug-likeness (QED) is 0.417. The number of allylic oxidation sites excluding steroid dienone is 1. The lowest BCUT2D eigenvalue weighted by Gasteiger charge is -2.17. The van der Waals surface area contributed by atoms with Gasteiger partial charge in [-0.25, -0.2) is 0 Å². The predicted molar refractivity (Wildman–Crippen MR) is 101 cm³/mol. The maximum Gasteiger partial charge on any atom is 0.295 e. The molecule has 0 saturated heterocycles.